The fourth-order valence-corrected chi connectivity index (χ4v) is 3.85. The highest BCUT2D eigenvalue weighted by Crippen LogP contribution is 2.29. The van der Waals surface area contributed by atoms with E-state index in [0.717, 1.165) is 37.6 Å². The van der Waals surface area contributed by atoms with Crippen LogP contribution in [0.3, 0.4) is 0 Å². The summed E-state index contributed by atoms with van der Waals surface area (Å²) in [5.41, 5.74) is 1.15. The predicted molar refractivity (Wildman–Crippen MR) is 81.7 cm³/mol. The summed E-state index contributed by atoms with van der Waals surface area (Å²) in [7, 11) is 2.12. The Labute approximate surface area is 126 Å². The first kappa shape index (κ1) is 14.6. The summed E-state index contributed by atoms with van der Waals surface area (Å²) >= 11 is 0. The molecule has 2 heterocycles. The van der Waals surface area contributed by atoms with E-state index < -0.39 is 0 Å². The lowest BCUT2D eigenvalue weighted by Gasteiger charge is -2.25. The molecule has 5 heteroatoms. The summed E-state index contributed by atoms with van der Waals surface area (Å²) < 4.78 is 0. The standard InChI is InChI=1S/C16H26N4O/c1-12-17-8-14(18-12)11-19(2)9-13-7-16(21)20(10-13)15-5-3-4-6-15/h8,13,15H,3-7,9-11H2,1-2H3,(H,17,18)/t13-/m1/s1. The molecular formula is C16H26N4O. The Morgan fingerprint density at radius 2 is 2.19 bits per heavy atom. The highest BCUT2D eigenvalue weighted by molar-refractivity contribution is 5.79. The largest absolute Gasteiger partial charge is 0.345 e. The molecule has 0 bridgehead atoms. The van der Waals surface area contributed by atoms with Gasteiger partial charge in [0.2, 0.25) is 5.91 Å². The molecule has 21 heavy (non-hydrogen) atoms. The summed E-state index contributed by atoms with van der Waals surface area (Å²) in [4.78, 5) is 24.2. The molecule has 1 aromatic heterocycles. The number of hydrogen-bond acceptors (Lipinski definition) is 3. The third-order valence-corrected chi connectivity index (χ3v) is 4.77. The summed E-state index contributed by atoms with van der Waals surface area (Å²) in [5.74, 6) is 1.81. The Morgan fingerprint density at radius 1 is 1.43 bits per heavy atom. The average Bonchev–Trinajstić information content (AvgIpc) is 3.12. The Balaban J connectivity index is 1.50. The van der Waals surface area contributed by atoms with Gasteiger partial charge in [0.1, 0.15) is 5.82 Å². The van der Waals surface area contributed by atoms with E-state index in [1.807, 2.05) is 13.1 Å². The number of imidazole rings is 1. The van der Waals surface area contributed by atoms with E-state index in [4.69, 9.17) is 0 Å². The van der Waals surface area contributed by atoms with Crippen LogP contribution in [0.1, 0.15) is 43.6 Å². The molecule has 3 rings (SSSR count). The molecule has 1 N–H and O–H groups in total. The van der Waals surface area contributed by atoms with Gasteiger partial charge in [-0.1, -0.05) is 12.8 Å². The van der Waals surface area contributed by atoms with Gasteiger partial charge >= 0.3 is 0 Å². The molecule has 2 aliphatic rings. The number of rotatable bonds is 5. The first-order valence-corrected chi connectivity index (χ1v) is 8.10. The quantitative estimate of drug-likeness (QED) is 0.901. The van der Waals surface area contributed by atoms with Crippen molar-refractivity contribution in [3.63, 3.8) is 0 Å². The van der Waals surface area contributed by atoms with Crippen molar-refractivity contribution in [3.05, 3.63) is 17.7 Å². The maximum Gasteiger partial charge on any atom is 0.223 e. The van der Waals surface area contributed by atoms with Crippen LogP contribution in [-0.4, -0.2) is 51.9 Å². The summed E-state index contributed by atoms with van der Waals surface area (Å²) in [6, 6.07) is 0.531. The van der Waals surface area contributed by atoms with Crippen LogP contribution in [0.25, 0.3) is 0 Å². The van der Waals surface area contributed by atoms with Gasteiger partial charge in [0.15, 0.2) is 0 Å². The lowest BCUT2D eigenvalue weighted by Crippen LogP contribution is -2.35. The van der Waals surface area contributed by atoms with E-state index in [0.29, 0.717) is 17.9 Å². The van der Waals surface area contributed by atoms with Crippen molar-refractivity contribution in [2.24, 2.45) is 5.92 Å². The highest BCUT2D eigenvalue weighted by Gasteiger charge is 2.35. The monoisotopic (exact) mass is 290 g/mol. The van der Waals surface area contributed by atoms with E-state index >= 15 is 0 Å². The van der Waals surface area contributed by atoms with E-state index in [1.54, 1.807) is 0 Å². The third kappa shape index (κ3) is 3.46. The molecule has 5 nitrogen and oxygen atoms in total. The number of aromatic nitrogens is 2. The summed E-state index contributed by atoms with van der Waals surface area (Å²) in [6.45, 7) is 4.77. The SMILES string of the molecule is Cc1ncc(CN(C)C[C@H]2CC(=O)N(C3CCCC3)C2)[nH]1. The van der Waals surface area contributed by atoms with Crippen molar-refractivity contribution in [2.45, 2.75) is 51.6 Å². The Kier molecular flexibility index (Phi) is 4.29. The van der Waals surface area contributed by atoms with Gasteiger partial charge in [-0.15, -0.1) is 0 Å². The molecule has 1 aliphatic carbocycles. The number of amides is 1. The van der Waals surface area contributed by atoms with Gasteiger partial charge in [0.25, 0.3) is 0 Å². The van der Waals surface area contributed by atoms with Gasteiger partial charge in [-0.05, 0) is 32.7 Å². The number of nitrogens with one attached hydrogen (secondary N) is 1. The lowest BCUT2D eigenvalue weighted by molar-refractivity contribution is -0.129. The van der Waals surface area contributed by atoms with Gasteiger partial charge < -0.3 is 14.8 Å². The molecule has 0 unspecified atom stereocenters. The number of hydrogen-bond donors (Lipinski definition) is 1. The van der Waals surface area contributed by atoms with Crippen LogP contribution in [0.15, 0.2) is 6.20 Å². The minimum atomic E-state index is 0.373. The Hall–Kier alpha value is -1.36. The lowest BCUT2D eigenvalue weighted by atomic mass is 10.1. The van der Waals surface area contributed by atoms with Crippen molar-refractivity contribution in [1.82, 2.24) is 19.8 Å². The molecule has 1 aromatic rings. The number of H-pyrrole nitrogens is 1. The second-order valence-electron chi connectivity index (χ2n) is 6.75. The average molecular weight is 290 g/mol. The molecule has 116 valence electrons. The number of carbonyl (C=O) groups excluding carboxylic acids is 1. The summed E-state index contributed by atoms with van der Waals surface area (Å²) in [6.07, 6.45) is 7.62. The summed E-state index contributed by atoms with van der Waals surface area (Å²) in [5, 5.41) is 0. The van der Waals surface area contributed by atoms with Crippen molar-refractivity contribution in [2.75, 3.05) is 20.1 Å². The van der Waals surface area contributed by atoms with E-state index in [9.17, 15) is 4.79 Å². The van der Waals surface area contributed by atoms with Crippen LogP contribution in [0.4, 0.5) is 0 Å². The fraction of sp³-hybridized carbons (Fsp3) is 0.750. The molecular weight excluding hydrogens is 264 g/mol. The third-order valence-electron chi connectivity index (χ3n) is 4.77. The van der Waals surface area contributed by atoms with Gasteiger partial charge in [0, 0.05) is 44.0 Å². The number of aryl methyl sites for hydroxylation is 1. The zero-order valence-corrected chi connectivity index (χ0v) is 13.1. The zero-order valence-electron chi connectivity index (χ0n) is 13.1. The van der Waals surface area contributed by atoms with E-state index in [-0.39, 0.29) is 0 Å². The number of carbonyl (C=O) groups is 1. The molecule has 2 fully saturated rings. The van der Waals surface area contributed by atoms with Crippen LogP contribution in [0.2, 0.25) is 0 Å². The van der Waals surface area contributed by atoms with Crippen LogP contribution >= 0.6 is 0 Å². The molecule has 0 spiro atoms. The van der Waals surface area contributed by atoms with Crippen molar-refractivity contribution in [3.8, 4) is 0 Å². The normalized spacial score (nSPS) is 23.7. The van der Waals surface area contributed by atoms with Crippen LogP contribution in [0.5, 0.6) is 0 Å². The van der Waals surface area contributed by atoms with Crippen LogP contribution < -0.4 is 0 Å². The zero-order chi connectivity index (χ0) is 14.8. The first-order chi connectivity index (χ1) is 10.1. The first-order valence-electron chi connectivity index (χ1n) is 8.10. The second kappa shape index (κ2) is 6.18. The molecule has 1 saturated carbocycles. The molecule has 0 radical (unpaired) electrons. The minimum absolute atomic E-state index is 0.373. The molecule has 1 saturated heterocycles. The van der Waals surface area contributed by atoms with E-state index in [2.05, 4.69) is 26.8 Å². The fourth-order valence-electron chi connectivity index (χ4n) is 3.85. The minimum Gasteiger partial charge on any atom is -0.345 e. The second-order valence-corrected chi connectivity index (χ2v) is 6.75. The van der Waals surface area contributed by atoms with Crippen molar-refractivity contribution < 1.29 is 4.79 Å². The smallest absolute Gasteiger partial charge is 0.223 e. The Bertz CT molecular complexity index is 492. The van der Waals surface area contributed by atoms with Crippen molar-refractivity contribution in [1.29, 1.82) is 0 Å². The molecule has 1 amide bonds. The van der Waals surface area contributed by atoms with Gasteiger partial charge in [0.05, 0.1) is 0 Å². The maximum atomic E-state index is 12.2. The Morgan fingerprint density at radius 3 is 2.86 bits per heavy atom. The predicted octanol–water partition coefficient (Wildman–Crippen LogP) is 1.94. The van der Waals surface area contributed by atoms with Gasteiger partial charge in [-0.25, -0.2) is 4.98 Å². The van der Waals surface area contributed by atoms with Crippen molar-refractivity contribution >= 4 is 5.91 Å². The number of nitrogens with zero attached hydrogens (tertiary/aromatic N) is 3. The molecule has 1 aliphatic heterocycles. The molecule has 1 atom stereocenters. The van der Waals surface area contributed by atoms with Crippen LogP contribution in [0, 0.1) is 12.8 Å². The topological polar surface area (TPSA) is 52.2 Å². The number of aromatic amines is 1. The van der Waals surface area contributed by atoms with Gasteiger partial charge in [-0.2, -0.15) is 0 Å². The van der Waals surface area contributed by atoms with Crippen LogP contribution in [-0.2, 0) is 11.3 Å². The highest BCUT2D eigenvalue weighted by atomic mass is 16.2. The number of likely N-dealkylation sites (tertiary alicyclic amines) is 1. The maximum absolute atomic E-state index is 12.2. The molecule has 0 aromatic carbocycles. The van der Waals surface area contributed by atoms with Gasteiger partial charge in [-0.3, -0.25) is 4.79 Å². The van der Waals surface area contributed by atoms with E-state index in [1.165, 1.54) is 25.7 Å².